The number of piperidine rings is 2. The summed E-state index contributed by atoms with van der Waals surface area (Å²) in [5.41, 5.74) is 1.92. The Hall–Kier alpha value is -1.83. The number of amides is 1. The fourth-order valence-corrected chi connectivity index (χ4v) is 5.78. The van der Waals surface area contributed by atoms with Gasteiger partial charge in [0.05, 0.1) is 30.9 Å². The molecule has 2 bridgehead atoms. The van der Waals surface area contributed by atoms with E-state index in [2.05, 4.69) is 36.0 Å². The molecule has 0 radical (unpaired) electrons. The number of hydrogen-bond donors (Lipinski definition) is 1. The first kappa shape index (κ1) is 23.3. The van der Waals surface area contributed by atoms with Gasteiger partial charge in [-0.05, 0) is 58.2 Å². The molecule has 3 fully saturated rings. The van der Waals surface area contributed by atoms with Gasteiger partial charge in [-0.2, -0.15) is 4.98 Å². The molecule has 1 N–H and O–H groups in total. The summed E-state index contributed by atoms with van der Waals surface area (Å²) in [5, 5.41) is 3.31. The van der Waals surface area contributed by atoms with E-state index in [4.69, 9.17) is 14.1 Å². The molecule has 0 spiro atoms. The number of halogens is 1. The number of ether oxygens (including phenoxy) is 1. The summed E-state index contributed by atoms with van der Waals surface area (Å²) in [5.74, 6) is -0.0415. The lowest BCUT2D eigenvalue weighted by atomic mass is 9.82. The van der Waals surface area contributed by atoms with Gasteiger partial charge in [-0.3, -0.25) is 4.79 Å². The largest absolute Gasteiger partial charge is 0.423 e. The van der Waals surface area contributed by atoms with Gasteiger partial charge in [0, 0.05) is 18.1 Å². The van der Waals surface area contributed by atoms with Gasteiger partial charge in [0.2, 0.25) is 0 Å². The highest BCUT2D eigenvalue weighted by atomic mass is 35.5. The van der Waals surface area contributed by atoms with Crippen LogP contribution in [0.5, 0.6) is 0 Å². The number of benzene rings is 1. The van der Waals surface area contributed by atoms with Crippen molar-refractivity contribution in [2.24, 2.45) is 0 Å². The van der Waals surface area contributed by atoms with Crippen LogP contribution in [0.4, 0.5) is 6.01 Å². The van der Waals surface area contributed by atoms with Crippen LogP contribution in [0.2, 0.25) is 0 Å². The number of carbonyl (C=O) groups excluding carboxylic acids is 1. The monoisotopic (exact) mass is 462 g/mol. The predicted molar refractivity (Wildman–Crippen MR) is 128 cm³/mol. The Balaban J connectivity index is 0.00000245. The molecule has 1 aromatic heterocycles. The molecule has 0 aliphatic carbocycles. The SMILES string of the molecule is CC[C@H]1COC[C@H](C)N1c1nc2c(C(=O)NC3CC4CCCC(C3)N4C)cccc2o1.Cl. The van der Waals surface area contributed by atoms with Gasteiger partial charge < -0.3 is 24.3 Å². The summed E-state index contributed by atoms with van der Waals surface area (Å²) in [6, 6.07) is 8.04. The molecular formula is C24H35ClN4O3. The summed E-state index contributed by atoms with van der Waals surface area (Å²) in [6.45, 7) is 5.60. The Bertz CT molecular complexity index is 936. The highest BCUT2D eigenvalue weighted by Crippen LogP contribution is 2.33. The molecule has 1 aromatic carbocycles. The van der Waals surface area contributed by atoms with E-state index in [-0.39, 0.29) is 36.4 Å². The number of anilines is 1. The lowest BCUT2D eigenvalue weighted by Gasteiger charge is -2.47. The predicted octanol–water partition coefficient (Wildman–Crippen LogP) is 4.00. The normalized spacial score (nSPS) is 30.7. The molecule has 1 amide bonds. The second-order valence-electron chi connectivity index (χ2n) is 9.55. The van der Waals surface area contributed by atoms with Crippen LogP contribution in [0.1, 0.15) is 62.7 Å². The van der Waals surface area contributed by atoms with Gasteiger partial charge in [0.15, 0.2) is 5.58 Å². The molecule has 3 saturated heterocycles. The van der Waals surface area contributed by atoms with Crippen LogP contribution >= 0.6 is 12.4 Å². The zero-order valence-electron chi connectivity index (χ0n) is 19.3. The number of para-hydroxylation sites is 1. The van der Waals surface area contributed by atoms with E-state index in [1.165, 1.54) is 19.3 Å². The summed E-state index contributed by atoms with van der Waals surface area (Å²) >= 11 is 0. The van der Waals surface area contributed by atoms with Crippen molar-refractivity contribution in [2.75, 3.05) is 25.2 Å². The molecule has 32 heavy (non-hydrogen) atoms. The first-order chi connectivity index (χ1) is 15.0. The van der Waals surface area contributed by atoms with Crippen molar-refractivity contribution in [3.05, 3.63) is 23.8 Å². The zero-order chi connectivity index (χ0) is 21.5. The van der Waals surface area contributed by atoms with Crippen LogP contribution in [0.3, 0.4) is 0 Å². The van der Waals surface area contributed by atoms with Gasteiger partial charge >= 0.3 is 0 Å². The number of nitrogens with one attached hydrogen (secondary N) is 1. The number of aromatic nitrogens is 1. The molecule has 4 atom stereocenters. The van der Waals surface area contributed by atoms with Crippen molar-refractivity contribution < 1.29 is 13.9 Å². The Kier molecular flexibility index (Phi) is 6.98. The second kappa shape index (κ2) is 9.57. The van der Waals surface area contributed by atoms with Gasteiger partial charge in [0.1, 0.15) is 5.52 Å². The first-order valence-electron chi connectivity index (χ1n) is 11.8. The number of oxazole rings is 1. The molecule has 8 heteroatoms. The highest BCUT2D eigenvalue weighted by Gasteiger charge is 2.37. The van der Waals surface area contributed by atoms with E-state index in [9.17, 15) is 4.79 Å². The minimum atomic E-state index is -0.0415. The third kappa shape index (κ3) is 4.22. The Morgan fingerprint density at radius 1 is 1.22 bits per heavy atom. The van der Waals surface area contributed by atoms with Gasteiger partial charge in [-0.15, -0.1) is 12.4 Å². The molecule has 0 saturated carbocycles. The van der Waals surface area contributed by atoms with Crippen molar-refractivity contribution >= 4 is 35.4 Å². The van der Waals surface area contributed by atoms with Crippen molar-refractivity contribution in [2.45, 2.75) is 82.6 Å². The lowest BCUT2D eigenvalue weighted by Crippen LogP contribution is -2.55. The zero-order valence-corrected chi connectivity index (χ0v) is 20.1. The van der Waals surface area contributed by atoms with Crippen molar-refractivity contribution in [1.82, 2.24) is 15.2 Å². The van der Waals surface area contributed by atoms with Crippen LogP contribution in [-0.2, 0) is 4.74 Å². The molecule has 4 heterocycles. The van der Waals surface area contributed by atoms with Crippen molar-refractivity contribution in [3.8, 4) is 0 Å². The second-order valence-corrected chi connectivity index (χ2v) is 9.55. The molecule has 2 unspecified atom stereocenters. The quantitative estimate of drug-likeness (QED) is 0.740. The fraction of sp³-hybridized carbons (Fsp3) is 0.667. The van der Waals surface area contributed by atoms with E-state index in [0.29, 0.717) is 48.0 Å². The highest BCUT2D eigenvalue weighted by molar-refractivity contribution is 6.04. The van der Waals surface area contributed by atoms with Gasteiger partial charge in [-0.1, -0.05) is 19.4 Å². The molecule has 2 aromatic rings. The Morgan fingerprint density at radius 3 is 2.69 bits per heavy atom. The van der Waals surface area contributed by atoms with Crippen LogP contribution in [0.15, 0.2) is 22.6 Å². The molecular weight excluding hydrogens is 428 g/mol. The average molecular weight is 463 g/mol. The lowest BCUT2D eigenvalue weighted by molar-refractivity contribution is 0.0463. The minimum Gasteiger partial charge on any atom is -0.423 e. The molecule has 3 aliphatic heterocycles. The van der Waals surface area contributed by atoms with E-state index in [1.54, 1.807) is 0 Å². The summed E-state index contributed by atoms with van der Waals surface area (Å²) < 4.78 is 11.9. The summed E-state index contributed by atoms with van der Waals surface area (Å²) in [4.78, 5) is 22.8. The molecule has 176 valence electrons. The van der Waals surface area contributed by atoms with Gasteiger partial charge in [0.25, 0.3) is 11.9 Å². The number of morpholine rings is 1. The smallest absolute Gasteiger partial charge is 0.299 e. The number of rotatable bonds is 4. The molecule has 5 rings (SSSR count). The van der Waals surface area contributed by atoms with Crippen LogP contribution in [0.25, 0.3) is 11.1 Å². The van der Waals surface area contributed by atoms with Crippen LogP contribution < -0.4 is 10.2 Å². The van der Waals surface area contributed by atoms with Crippen molar-refractivity contribution in [1.29, 1.82) is 0 Å². The molecule has 3 aliphatic rings. The van der Waals surface area contributed by atoms with Crippen LogP contribution in [-0.4, -0.2) is 66.3 Å². The average Bonchev–Trinajstić information content (AvgIpc) is 3.17. The fourth-order valence-electron chi connectivity index (χ4n) is 5.78. The van der Waals surface area contributed by atoms with E-state index >= 15 is 0 Å². The minimum absolute atomic E-state index is 0. The third-order valence-corrected chi connectivity index (χ3v) is 7.56. The molecule has 7 nitrogen and oxygen atoms in total. The number of nitrogens with zero attached hydrogens (tertiary/aromatic N) is 3. The van der Waals surface area contributed by atoms with E-state index in [1.807, 2.05) is 18.2 Å². The standard InChI is InChI=1S/C24H34N4O3.ClH/c1-4-17-14-30-13-15(2)28(17)24-26-22-20(9-6-10-21(22)31-24)23(29)25-16-11-18-7-5-8-19(12-16)27(18)3;/h6,9-10,15-19H,4-5,7-8,11-14H2,1-3H3,(H,25,29);1H/t15-,16?,17-,18?,19?;/m0./s1. The third-order valence-electron chi connectivity index (χ3n) is 7.56. The number of fused-ring (bicyclic) bond motifs is 3. The topological polar surface area (TPSA) is 70.8 Å². The Labute approximate surface area is 196 Å². The Morgan fingerprint density at radius 2 is 1.97 bits per heavy atom. The van der Waals surface area contributed by atoms with E-state index < -0.39 is 0 Å². The maximum absolute atomic E-state index is 13.3. The summed E-state index contributed by atoms with van der Waals surface area (Å²) in [7, 11) is 2.24. The van der Waals surface area contributed by atoms with E-state index in [0.717, 1.165) is 19.3 Å². The van der Waals surface area contributed by atoms with Crippen LogP contribution in [0, 0.1) is 0 Å². The van der Waals surface area contributed by atoms with Crippen molar-refractivity contribution in [3.63, 3.8) is 0 Å². The number of carbonyl (C=O) groups is 1. The first-order valence-corrected chi connectivity index (χ1v) is 11.8. The maximum Gasteiger partial charge on any atom is 0.299 e. The number of hydrogen-bond acceptors (Lipinski definition) is 6. The van der Waals surface area contributed by atoms with Gasteiger partial charge in [-0.25, -0.2) is 0 Å². The summed E-state index contributed by atoms with van der Waals surface area (Å²) in [6.07, 6.45) is 6.79. The maximum atomic E-state index is 13.3.